The predicted octanol–water partition coefficient (Wildman–Crippen LogP) is 7.00. The standard InChI is InChI=1S/C28H22F3N3O3/c1-2-36-25(35)13-15-34-14-12-19-16-20(9-11-24(19)34)26-32-27(37-33-26)21-8-10-23(28(29,30)31)22(17-21)18-6-4-3-5-7-18/h3-12,14,16-17H,2,13,15H2,1H3. The summed E-state index contributed by atoms with van der Waals surface area (Å²) in [5, 5.41) is 4.98. The number of rotatable bonds is 7. The zero-order chi connectivity index (χ0) is 26.0. The highest BCUT2D eigenvalue weighted by atomic mass is 19.4. The number of benzene rings is 3. The van der Waals surface area contributed by atoms with E-state index in [2.05, 4.69) is 10.1 Å². The van der Waals surface area contributed by atoms with Gasteiger partial charge in [-0.2, -0.15) is 18.2 Å². The molecule has 0 radical (unpaired) electrons. The first-order chi connectivity index (χ1) is 17.8. The zero-order valence-electron chi connectivity index (χ0n) is 19.8. The fraction of sp³-hybridized carbons (Fsp3) is 0.179. The molecule has 0 aliphatic carbocycles. The van der Waals surface area contributed by atoms with Crippen LogP contribution in [0.25, 0.3) is 44.9 Å². The lowest BCUT2D eigenvalue weighted by Gasteiger charge is -2.13. The summed E-state index contributed by atoms with van der Waals surface area (Å²) in [6, 6.07) is 19.7. The van der Waals surface area contributed by atoms with E-state index in [1.54, 1.807) is 37.3 Å². The smallest absolute Gasteiger partial charge is 0.417 e. The van der Waals surface area contributed by atoms with Gasteiger partial charge >= 0.3 is 12.1 Å². The van der Waals surface area contributed by atoms with Crippen molar-refractivity contribution in [2.24, 2.45) is 0 Å². The Labute approximate surface area is 210 Å². The Morgan fingerprint density at radius 3 is 2.51 bits per heavy atom. The molecule has 2 aromatic heterocycles. The number of hydrogen-bond acceptors (Lipinski definition) is 5. The van der Waals surface area contributed by atoms with Gasteiger partial charge in [0.25, 0.3) is 5.89 Å². The van der Waals surface area contributed by atoms with Gasteiger partial charge in [-0.15, -0.1) is 0 Å². The summed E-state index contributed by atoms with van der Waals surface area (Å²) in [5.74, 6) is 0.185. The van der Waals surface area contributed by atoms with E-state index in [-0.39, 0.29) is 23.8 Å². The van der Waals surface area contributed by atoms with Gasteiger partial charge in [0.05, 0.1) is 18.6 Å². The second kappa shape index (κ2) is 9.93. The second-order valence-corrected chi connectivity index (χ2v) is 8.39. The third-order valence-corrected chi connectivity index (χ3v) is 5.97. The van der Waals surface area contributed by atoms with Crippen LogP contribution >= 0.6 is 0 Å². The van der Waals surface area contributed by atoms with Crippen molar-refractivity contribution < 1.29 is 27.2 Å². The maximum absolute atomic E-state index is 13.7. The summed E-state index contributed by atoms with van der Waals surface area (Å²) in [7, 11) is 0. The molecule has 37 heavy (non-hydrogen) atoms. The molecule has 188 valence electrons. The van der Waals surface area contributed by atoms with Crippen LogP contribution < -0.4 is 0 Å². The molecule has 0 saturated heterocycles. The van der Waals surface area contributed by atoms with Crippen LogP contribution in [0, 0.1) is 0 Å². The summed E-state index contributed by atoms with van der Waals surface area (Å²) in [6.45, 7) is 2.61. The number of halogens is 3. The average Bonchev–Trinajstić information content (AvgIpc) is 3.55. The van der Waals surface area contributed by atoms with Crippen molar-refractivity contribution in [2.45, 2.75) is 26.1 Å². The number of ether oxygens (including phenoxy) is 1. The van der Waals surface area contributed by atoms with Crippen molar-refractivity contribution in [1.29, 1.82) is 0 Å². The Morgan fingerprint density at radius 1 is 0.973 bits per heavy atom. The van der Waals surface area contributed by atoms with Gasteiger partial charge in [-0.3, -0.25) is 4.79 Å². The fourth-order valence-electron chi connectivity index (χ4n) is 4.22. The van der Waals surface area contributed by atoms with Gasteiger partial charge in [0, 0.05) is 34.8 Å². The van der Waals surface area contributed by atoms with E-state index in [1.807, 2.05) is 35.0 Å². The summed E-state index contributed by atoms with van der Waals surface area (Å²) >= 11 is 0. The van der Waals surface area contributed by atoms with E-state index < -0.39 is 11.7 Å². The van der Waals surface area contributed by atoms with E-state index in [0.29, 0.717) is 35.7 Å². The molecule has 0 aliphatic heterocycles. The van der Waals surface area contributed by atoms with Crippen molar-refractivity contribution in [1.82, 2.24) is 14.7 Å². The van der Waals surface area contributed by atoms with E-state index >= 15 is 0 Å². The van der Waals surface area contributed by atoms with Crippen molar-refractivity contribution in [3.05, 3.63) is 84.6 Å². The van der Waals surface area contributed by atoms with Gasteiger partial charge < -0.3 is 13.8 Å². The Bertz CT molecular complexity index is 1560. The third-order valence-electron chi connectivity index (χ3n) is 5.97. The molecule has 6 nitrogen and oxygen atoms in total. The summed E-state index contributed by atoms with van der Waals surface area (Å²) in [4.78, 5) is 16.1. The number of aryl methyl sites for hydroxylation is 1. The van der Waals surface area contributed by atoms with E-state index in [1.165, 1.54) is 12.1 Å². The molecule has 0 amide bonds. The summed E-state index contributed by atoms with van der Waals surface area (Å²) in [5.41, 5.74) is 1.76. The van der Waals surface area contributed by atoms with Gasteiger partial charge in [0.15, 0.2) is 0 Å². The highest BCUT2D eigenvalue weighted by Gasteiger charge is 2.34. The maximum Gasteiger partial charge on any atom is 0.417 e. The second-order valence-electron chi connectivity index (χ2n) is 8.39. The molecule has 5 rings (SSSR count). The first kappa shape index (κ1) is 24.3. The molecular weight excluding hydrogens is 483 g/mol. The SMILES string of the molecule is CCOC(=O)CCn1ccc2cc(-c3noc(-c4ccc(C(F)(F)F)c(-c5ccccc5)c4)n3)ccc21. The first-order valence-corrected chi connectivity index (χ1v) is 11.7. The lowest BCUT2D eigenvalue weighted by atomic mass is 9.97. The first-order valence-electron chi connectivity index (χ1n) is 11.7. The van der Waals surface area contributed by atoms with Crippen LogP contribution in [0.15, 0.2) is 83.5 Å². The van der Waals surface area contributed by atoms with Crippen LogP contribution in [0.3, 0.4) is 0 Å². The molecule has 0 spiro atoms. The van der Waals surface area contributed by atoms with Gasteiger partial charge in [-0.05, 0) is 60.5 Å². The van der Waals surface area contributed by atoms with Crippen molar-refractivity contribution in [3.63, 3.8) is 0 Å². The molecule has 2 heterocycles. The maximum atomic E-state index is 13.7. The molecule has 3 aromatic carbocycles. The fourth-order valence-corrected chi connectivity index (χ4v) is 4.22. The van der Waals surface area contributed by atoms with Gasteiger partial charge in [0.1, 0.15) is 0 Å². The van der Waals surface area contributed by atoms with Crippen molar-refractivity contribution in [2.75, 3.05) is 6.61 Å². The Balaban J connectivity index is 1.43. The van der Waals surface area contributed by atoms with Crippen LogP contribution in [0.5, 0.6) is 0 Å². The molecule has 0 aliphatic rings. The van der Waals surface area contributed by atoms with E-state index in [4.69, 9.17) is 9.26 Å². The van der Waals surface area contributed by atoms with Crippen molar-refractivity contribution in [3.8, 4) is 34.0 Å². The minimum absolute atomic E-state index is 0.0379. The molecule has 0 N–H and O–H groups in total. The molecule has 0 bridgehead atoms. The predicted molar refractivity (Wildman–Crippen MR) is 132 cm³/mol. The molecule has 0 atom stereocenters. The van der Waals surface area contributed by atoms with E-state index in [0.717, 1.165) is 17.0 Å². The number of fused-ring (bicyclic) bond motifs is 1. The third kappa shape index (κ3) is 5.11. The van der Waals surface area contributed by atoms with E-state index in [9.17, 15) is 18.0 Å². The molecular formula is C28H22F3N3O3. The van der Waals surface area contributed by atoms with Crippen LogP contribution in [0.1, 0.15) is 18.9 Å². The highest BCUT2D eigenvalue weighted by Crippen LogP contribution is 2.39. The zero-order valence-corrected chi connectivity index (χ0v) is 19.8. The number of aromatic nitrogens is 3. The molecule has 0 saturated carbocycles. The highest BCUT2D eigenvalue weighted by molar-refractivity contribution is 5.85. The summed E-state index contributed by atoms with van der Waals surface area (Å²) in [6.07, 6.45) is -2.35. The minimum Gasteiger partial charge on any atom is -0.466 e. The number of carbonyl (C=O) groups is 1. The summed E-state index contributed by atoms with van der Waals surface area (Å²) < 4.78 is 53.4. The van der Waals surface area contributed by atoms with Crippen LogP contribution in [-0.4, -0.2) is 27.3 Å². The molecule has 0 unspecified atom stereocenters. The Hall–Kier alpha value is -4.40. The largest absolute Gasteiger partial charge is 0.466 e. The molecule has 5 aromatic rings. The monoisotopic (exact) mass is 505 g/mol. The lowest BCUT2D eigenvalue weighted by Crippen LogP contribution is -2.08. The number of alkyl halides is 3. The average molecular weight is 505 g/mol. The van der Waals surface area contributed by atoms with Crippen LogP contribution in [0.2, 0.25) is 0 Å². The van der Waals surface area contributed by atoms with Crippen LogP contribution in [0.4, 0.5) is 13.2 Å². The van der Waals surface area contributed by atoms with Gasteiger partial charge in [-0.25, -0.2) is 0 Å². The number of hydrogen-bond donors (Lipinski definition) is 0. The lowest BCUT2D eigenvalue weighted by molar-refractivity contribution is -0.143. The number of esters is 1. The molecule has 0 fully saturated rings. The Kier molecular flexibility index (Phi) is 6.52. The number of nitrogens with zero attached hydrogens (tertiary/aromatic N) is 3. The normalized spacial score (nSPS) is 11.7. The van der Waals surface area contributed by atoms with Crippen LogP contribution in [-0.2, 0) is 22.3 Å². The Morgan fingerprint density at radius 2 is 1.76 bits per heavy atom. The minimum atomic E-state index is -4.51. The van der Waals surface area contributed by atoms with Gasteiger partial charge in [0.2, 0.25) is 5.82 Å². The number of carbonyl (C=O) groups excluding carboxylic acids is 1. The quantitative estimate of drug-likeness (QED) is 0.223. The topological polar surface area (TPSA) is 70.2 Å². The van der Waals surface area contributed by atoms with Gasteiger partial charge in [-0.1, -0.05) is 35.5 Å². The van der Waals surface area contributed by atoms with Crippen molar-refractivity contribution >= 4 is 16.9 Å². The molecule has 9 heteroatoms.